The summed E-state index contributed by atoms with van der Waals surface area (Å²) >= 11 is 1.39. The standard InChI is InChI=1S/C28H26FN3O2S/c1-20-9-11-21(12-10-20)19-34-23-6-4-5-22(17-23)18-26-27(33)30-28(35-26)32-15-13-31(14-16-32)25-8-3-2-7-24(25)29/h2-12,17-18H,13-16,19H2,1H3/b26-18-. The molecule has 5 nitrogen and oxygen atoms in total. The molecule has 0 spiro atoms. The van der Waals surface area contributed by atoms with Crippen molar-refractivity contribution in [2.75, 3.05) is 31.1 Å². The van der Waals surface area contributed by atoms with E-state index < -0.39 is 0 Å². The van der Waals surface area contributed by atoms with Crippen LogP contribution in [0.3, 0.4) is 0 Å². The number of thioether (sulfide) groups is 1. The molecular formula is C28H26FN3O2S. The average Bonchev–Trinajstić information content (AvgIpc) is 3.24. The summed E-state index contributed by atoms with van der Waals surface area (Å²) in [4.78, 5) is 21.6. The summed E-state index contributed by atoms with van der Waals surface area (Å²) in [6, 6.07) is 22.8. The highest BCUT2D eigenvalue weighted by Crippen LogP contribution is 2.32. The number of amides is 1. The van der Waals surface area contributed by atoms with E-state index in [2.05, 4.69) is 41.1 Å². The molecule has 35 heavy (non-hydrogen) atoms. The zero-order chi connectivity index (χ0) is 24.2. The van der Waals surface area contributed by atoms with Crippen LogP contribution in [0.5, 0.6) is 5.75 Å². The third-order valence-corrected chi connectivity index (χ3v) is 7.08. The van der Waals surface area contributed by atoms with E-state index >= 15 is 0 Å². The van der Waals surface area contributed by atoms with Gasteiger partial charge in [0.05, 0.1) is 10.6 Å². The number of ether oxygens (including phenoxy) is 1. The molecule has 5 rings (SSSR count). The van der Waals surface area contributed by atoms with Crippen LogP contribution in [0.25, 0.3) is 6.08 Å². The van der Waals surface area contributed by atoms with E-state index in [4.69, 9.17) is 4.74 Å². The van der Waals surface area contributed by atoms with Crippen LogP contribution in [0.1, 0.15) is 16.7 Å². The summed E-state index contributed by atoms with van der Waals surface area (Å²) in [5.41, 5.74) is 3.83. The van der Waals surface area contributed by atoms with Crippen molar-refractivity contribution in [3.8, 4) is 5.75 Å². The second kappa shape index (κ2) is 10.4. The minimum absolute atomic E-state index is 0.209. The molecule has 1 amide bonds. The first kappa shape index (κ1) is 23.2. The molecule has 178 valence electrons. The van der Waals surface area contributed by atoms with Crippen LogP contribution in [0, 0.1) is 12.7 Å². The Bertz CT molecular complexity index is 1280. The summed E-state index contributed by atoms with van der Waals surface area (Å²) < 4.78 is 20.1. The molecule has 2 aliphatic heterocycles. The highest BCUT2D eigenvalue weighted by molar-refractivity contribution is 8.18. The number of para-hydroxylation sites is 1. The van der Waals surface area contributed by atoms with Crippen LogP contribution in [0.2, 0.25) is 0 Å². The van der Waals surface area contributed by atoms with E-state index in [-0.39, 0.29) is 11.7 Å². The Hall–Kier alpha value is -3.58. The van der Waals surface area contributed by atoms with E-state index in [0.29, 0.717) is 48.5 Å². The molecule has 0 N–H and O–H groups in total. The van der Waals surface area contributed by atoms with Gasteiger partial charge in [0.25, 0.3) is 5.91 Å². The van der Waals surface area contributed by atoms with Gasteiger partial charge < -0.3 is 14.5 Å². The lowest BCUT2D eigenvalue weighted by atomic mass is 10.1. The summed E-state index contributed by atoms with van der Waals surface area (Å²) in [7, 11) is 0. The van der Waals surface area contributed by atoms with Gasteiger partial charge in [0.1, 0.15) is 18.2 Å². The summed E-state index contributed by atoms with van der Waals surface area (Å²) in [5, 5.41) is 0.709. The normalized spacial score (nSPS) is 17.1. The minimum atomic E-state index is -0.229. The van der Waals surface area contributed by atoms with Crippen molar-refractivity contribution < 1.29 is 13.9 Å². The molecule has 0 saturated carbocycles. The Balaban J connectivity index is 1.19. The Morgan fingerprint density at radius 3 is 2.49 bits per heavy atom. The van der Waals surface area contributed by atoms with Gasteiger partial charge >= 0.3 is 0 Å². The van der Waals surface area contributed by atoms with Crippen LogP contribution in [0.15, 0.2) is 82.7 Å². The van der Waals surface area contributed by atoms with Gasteiger partial charge in [-0.05, 0) is 60.2 Å². The maximum absolute atomic E-state index is 14.1. The van der Waals surface area contributed by atoms with Crippen LogP contribution in [-0.2, 0) is 11.4 Å². The number of aliphatic imine (C=N–C) groups is 1. The molecule has 1 fully saturated rings. The summed E-state index contributed by atoms with van der Waals surface area (Å²) in [6.45, 7) is 5.26. The van der Waals surface area contributed by atoms with Gasteiger partial charge in [0.15, 0.2) is 5.17 Å². The highest BCUT2D eigenvalue weighted by atomic mass is 32.2. The Kier molecular flexibility index (Phi) is 6.86. The van der Waals surface area contributed by atoms with Gasteiger partial charge in [-0.25, -0.2) is 4.39 Å². The lowest BCUT2D eigenvalue weighted by Crippen LogP contribution is -2.48. The lowest BCUT2D eigenvalue weighted by molar-refractivity contribution is -0.113. The zero-order valence-electron chi connectivity index (χ0n) is 19.5. The second-order valence-corrected chi connectivity index (χ2v) is 9.59. The van der Waals surface area contributed by atoms with Gasteiger partial charge in [0.2, 0.25) is 0 Å². The summed E-state index contributed by atoms with van der Waals surface area (Å²) in [5.74, 6) is 0.312. The number of piperazine rings is 1. The number of rotatable bonds is 5. The summed E-state index contributed by atoms with van der Waals surface area (Å²) in [6.07, 6.45) is 1.86. The van der Waals surface area contributed by atoms with Crippen LogP contribution < -0.4 is 9.64 Å². The molecule has 0 atom stereocenters. The predicted molar refractivity (Wildman–Crippen MR) is 140 cm³/mol. The molecule has 2 heterocycles. The minimum Gasteiger partial charge on any atom is -0.489 e. The van der Waals surface area contributed by atoms with Crippen molar-refractivity contribution in [3.05, 3.63) is 100 Å². The number of carbonyl (C=O) groups excluding carboxylic acids is 1. The molecule has 0 radical (unpaired) electrons. The maximum atomic E-state index is 14.1. The largest absolute Gasteiger partial charge is 0.489 e. The van der Waals surface area contributed by atoms with Gasteiger partial charge in [-0.1, -0.05) is 54.1 Å². The maximum Gasteiger partial charge on any atom is 0.286 e. The van der Waals surface area contributed by atoms with Crippen molar-refractivity contribution in [1.82, 2.24) is 4.90 Å². The van der Waals surface area contributed by atoms with Crippen molar-refractivity contribution in [2.24, 2.45) is 4.99 Å². The number of anilines is 1. The van der Waals surface area contributed by atoms with Crippen molar-refractivity contribution >= 4 is 34.6 Å². The first-order chi connectivity index (χ1) is 17.0. The topological polar surface area (TPSA) is 45.1 Å². The fourth-order valence-corrected chi connectivity index (χ4v) is 5.04. The third kappa shape index (κ3) is 5.57. The van der Waals surface area contributed by atoms with Gasteiger partial charge in [-0.3, -0.25) is 4.79 Å². The smallest absolute Gasteiger partial charge is 0.286 e. The number of nitrogens with zero attached hydrogens (tertiary/aromatic N) is 3. The first-order valence-electron chi connectivity index (χ1n) is 11.6. The van der Waals surface area contributed by atoms with Crippen LogP contribution in [-0.4, -0.2) is 42.2 Å². The number of halogens is 1. The molecule has 0 aromatic heterocycles. The predicted octanol–water partition coefficient (Wildman–Crippen LogP) is 5.51. The fraction of sp³-hybridized carbons (Fsp3) is 0.214. The van der Waals surface area contributed by atoms with E-state index in [9.17, 15) is 9.18 Å². The molecule has 3 aromatic carbocycles. The van der Waals surface area contributed by atoms with Crippen LogP contribution >= 0.6 is 11.8 Å². The lowest BCUT2D eigenvalue weighted by Gasteiger charge is -2.36. The van der Waals surface area contributed by atoms with Gasteiger partial charge in [-0.2, -0.15) is 4.99 Å². The van der Waals surface area contributed by atoms with Crippen LogP contribution in [0.4, 0.5) is 10.1 Å². The molecule has 7 heteroatoms. The molecule has 3 aromatic rings. The molecular weight excluding hydrogens is 461 g/mol. The van der Waals surface area contributed by atoms with Crippen molar-refractivity contribution in [3.63, 3.8) is 0 Å². The third-order valence-electron chi connectivity index (χ3n) is 6.03. The fourth-order valence-electron chi connectivity index (χ4n) is 4.08. The van der Waals surface area contributed by atoms with Gasteiger partial charge in [-0.15, -0.1) is 0 Å². The highest BCUT2D eigenvalue weighted by Gasteiger charge is 2.29. The van der Waals surface area contributed by atoms with E-state index in [1.807, 2.05) is 41.3 Å². The number of hydrogen-bond acceptors (Lipinski definition) is 5. The number of aryl methyl sites for hydroxylation is 1. The van der Waals surface area contributed by atoms with E-state index in [0.717, 1.165) is 16.9 Å². The van der Waals surface area contributed by atoms with E-state index in [1.165, 1.54) is 23.4 Å². The number of hydrogen-bond donors (Lipinski definition) is 0. The molecule has 2 aliphatic rings. The molecule has 1 saturated heterocycles. The zero-order valence-corrected chi connectivity index (χ0v) is 20.3. The number of amidine groups is 1. The van der Waals surface area contributed by atoms with Gasteiger partial charge in [0, 0.05) is 26.2 Å². The molecule has 0 bridgehead atoms. The molecule has 0 aliphatic carbocycles. The second-order valence-electron chi connectivity index (χ2n) is 8.58. The molecule has 0 unspecified atom stereocenters. The Morgan fingerprint density at radius 2 is 1.71 bits per heavy atom. The Morgan fingerprint density at radius 1 is 0.971 bits per heavy atom. The monoisotopic (exact) mass is 487 g/mol. The number of carbonyl (C=O) groups is 1. The average molecular weight is 488 g/mol. The SMILES string of the molecule is Cc1ccc(COc2cccc(/C=C3\SC(N4CCN(c5ccccc5F)CC4)=NC3=O)c2)cc1. The van der Waals surface area contributed by atoms with Crippen molar-refractivity contribution in [1.29, 1.82) is 0 Å². The van der Waals surface area contributed by atoms with E-state index in [1.54, 1.807) is 12.1 Å². The number of benzene rings is 3. The van der Waals surface area contributed by atoms with Crippen molar-refractivity contribution in [2.45, 2.75) is 13.5 Å². The quantitative estimate of drug-likeness (QED) is 0.445. The Labute approximate surface area is 208 Å². The first-order valence-corrected chi connectivity index (χ1v) is 12.4.